The number of anilines is 2. The molecule has 0 radical (unpaired) electrons. The van der Waals surface area contributed by atoms with Crippen molar-refractivity contribution in [3.63, 3.8) is 0 Å². The van der Waals surface area contributed by atoms with Crippen LogP contribution in [-0.4, -0.2) is 22.0 Å². The number of nitrogens with one attached hydrogen (secondary N) is 2. The average Bonchev–Trinajstić information content (AvgIpc) is 3.04. The summed E-state index contributed by atoms with van der Waals surface area (Å²) in [6.07, 6.45) is 0.351. The molecule has 0 aliphatic rings. The van der Waals surface area contributed by atoms with Crippen molar-refractivity contribution >= 4 is 45.9 Å². The molecule has 0 saturated heterocycles. The zero-order valence-electron chi connectivity index (χ0n) is 16.1. The number of aryl methyl sites for hydroxylation is 1. The summed E-state index contributed by atoms with van der Waals surface area (Å²) in [6, 6.07) is 6.66. The number of pyridine rings is 1. The van der Waals surface area contributed by atoms with Gasteiger partial charge in [-0.15, -0.1) is 0 Å². The van der Waals surface area contributed by atoms with Gasteiger partial charge in [-0.05, 0) is 37.1 Å². The molecule has 0 bridgehead atoms. The van der Waals surface area contributed by atoms with Gasteiger partial charge in [0.05, 0.1) is 27.4 Å². The SMILES string of the molecule is CCC(=O)Nc1ccc(Cl)c(NC(=O)c2cc(C(C)C)nc3onc(C)c23)c1. The second-order valence-corrected chi connectivity index (χ2v) is 7.16. The molecule has 0 atom stereocenters. The van der Waals surface area contributed by atoms with Crippen LogP contribution in [-0.2, 0) is 4.79 Å². The molecule has 0 aliphatic heterocycles. The highest BCUT2D eigenvalue weighted by atomic mass is 35.5. The maximum atomic E-state index is 13.0. The molecule has 2 N–H and O–H groups in total. The van der Waals surface area contributed by atoms with Crippen molar-refractivity contribution < 1.29 is 14.1 Å². The number of carbonyl (C=O) groups is 2. The molecule has 7 nitrogen and oxygen atoms in total. The Kier molecular flexibility index (Phi) is 5.65. The number of amides is 2. The number of rotatable bonds is 5. The minimum Gasteiger partial charge on any atom is -0.336 e. The summed E-state index contributed by atoms with van der Waals surface area (Å²) < 4.78 is 5.26. The van der Waals surface area contributed by atoms with Crippen molar-refractivity contribution in [1.82, 2.24) is 10.1 Å². The van der Waals surface area contributed by atoms with Gasteiger partial charge in [0.15, 0.2) is 0 Å². The lowest BCUT2D eigenvalue weighted by atomic mass is 10.0. The molecular formula is C20H21ClN4O3. The van der Waals surface area contributed by atoms with E-state index in [2.05, 4.69) is 20.8 Å². The average molecular weight is 401 g/mol. The molecule has 3 aromatic rings. The maximum Gasteiger partial charge on any atom is 0.259 e. The summed E-state index contributed by atoms with van der Waals surface area (Å²) >= 11 is 6.24. The highest BCUT2D eigenvalue weighted by Gasteiger charge is 2.20. The lowest BCUT2D eigenvalue weighted by Crippen LogP contribution is -2.15. The van der Waals surface area contributed by atoms with Crippen LogP contribution in [0.25, 0.3) is 11.1 Å². The number of nitrogens with zero attached hydrogens (tertiary/aromatic N) is 2. The Morgan fingerprint density at radius 1 is 1.21 bits per heavy atom. The molecule has 0 unspecified atom stereocenters. The maximum absolute atomic E-state index is 13.0. The van der Waals surface area contributed by atoms with Crippen molar-refractivity contribution in [1.29, 1.82) is 0 Å². The second kappa shape index (κ2) is 7.98. The normalized spacial score (nSPS) is 11.1. The Bertz CT molecular complexity index is 1060. The fraction of sp³-hybridized carbons (Fsp3) is 0.300. The van der Waals surface area contributed by atoms with Crippen LogP contribution in [0.3, 0.4) is 0 Å². The van der Waals surface area contributed by atoms with E-state index in [0.29, 0.717) is 45.2 Å². The zero-order chi connectivity index (χ0) is 20.4. The summed E-state index contributed by atoms with van der Waals surface area (Å²) in [7, 11) is 0. The number of fused-ring (bicyclic) bond motifs is 1. The smallest absolute Gasteiger partial charge is 0.259 e. The molecule has 146 valence electrons. The Morgan fingerprint density at radius 3 is 2.64 bits per heavy atom. The van der Waals surface area contributed by atoms with E-state index in [9.17, 15) is 9.59 Å². The number of hydrogen-bond donors (Lipinski definition) is 2. The van der Waals surface area contributed by atoms with E-state index in [1.54, 1.807) is 38.1 Å². The lowest BCUT2D eigenvalue weighted by Gasteiger charge is -2.12. The molecule has 0 saturated carbocycles. The Morgan fingerprint density at radius 2 is 1.96 bits per heavy atom. The van der Waals surface area contributed by atoms with E-state index in [1.807, 2.05) is 13.8 Å². The van der Waals surface area contributed by atoms with Gasteiger partial charge in [-0.2, -0.15) is 0 Å². The molecule has 1 aromatic carbocycles. The van der Waals surface area contributed by atoms with E-state index < -0.39 is 0 Å². The summed E-state index contributed by atoms with van der Waals surface area (Å²) in [4.78, 5) is 29.1. The molecule has 0 spiro atoms. The Labute approximate surface area is 167 Å². The Balaban J connectivity index is 1.98. The number of carbonyl (C=O) groups excluding carboxylic acids is 2. The van der Waals surface area contributed by atoms with Gasteiger partial charge in [0.2, 0.25) is 5.91 Å². The number of halogens is 1. The van der Waals surface area contributed by atoms with Gasteiger partial charge < -0.3 is 15.2 Å². The molecule has 0 fully saturated rings. The van der Waals surface area contributed by atoms with Crippen LogP contribution in [0.1, 0.15) is 54.9 Å². The quantitative estimate of drug-likeness (QED) is 0.634. The van der Waals surface area contributed by atoms with E-state index in [4.69, 9.17) is 16.1 Å². The van der Waals surface area contributed by atoms with E-state index in [0.717, 1.165) is 5.69 Å². The minimum atomic E-state index is -0.360. The second-order valence-electron chi connectivity index (χ2n) is 6.75. The topological polar surface area (TPSA) is 97.1 Å². The molecule has 8 heteroatoms. The third kappa shape index (κ3) is 3.99. The predicted molar refractivity (Wildman–Crippen MR) is 109 cm³/mol. The van der Waals surface area contributed by atoms with Gasteiger partial charge in [0, 0.05) is 17.8 Å². The van der Waals surface area contributed by atoms with Crippen LogP contribution in [0, 0.1) is 6.92 Å². The first-order valence-electron chi connectivity index (χ1n) is 8.97. The summed E-state index contributed by atoms with van der Waals surface area (Å²) in [5.41, 5.74) is 2.98. The fourth-order valence-electron chi connectivity index (χ4n) is 2.73. The van der Waals surface area contributed by atoms with Gasteiger partial charge in [0.1, 0.15) is 0 Å². The predicted octanol–water partition coefficient (Wildman–Crippen LogP) is 4.91. The van der Waals surface area contributed by atoms with Gasteiger partial charge in [-0.1, -0.05) is 37.5 Å². The largest absolute Gasteiger partial charge is 0.336 e. The van der Waals surface area contributed by atoms with Crippen LogP contribution in [0.4, 0.5) is 11.4 Å². The van der Waals surface area contributed by atoms with Crippen molar-refractivity contribution in [3.8, 4) is 0 Å². The first kappa shape index (κ1) is 19.8. The summed E-state index contributed by atoms with van der Waals surface area (Å²) in [6.45, 7) is 7.48. The van der Waals surface area contributed by atoms with Crippen LogP contribution < -0.4 is 10.6 Å². The van der Waals surface area contributed by atoms with Gasteiger partial charge >= 0.3 is 0 Å². The Hall–Kier alpha value is -2.93. The molecule has 3 rings (SSSR count). The third-order valence-electron chi connectivity index (χ3n) is 4.29. The van der Waals surface area contributed by atoms with Crippen molar-refractivity contribution in [3.05, 3.63) is 46.2 Å². The number of hydrogen-bond acceptors (Lipinski definition) is 5. The van der Waals surface area contributed by atoms with E-state index >= 15 is 0 Å². The van der Waals surface area contributed by atoms with Gasteiger partial charge in [-0.3, -0.25) is 9.59 Å². The zero-order valence-corrected chi connectivity index (χ0v) is 16.8. The van der Waals surface area contributed by atoms with Crippen LogP contribution in [0.5, 0.6) is 0 Å². The molecule has 2 aromatic heterocycles. The highest BCUT2D eigenvalue weighted by molar-refractivity contribution is 6.34. The third-order valence-corrected chi connectivity index (χ3v) is 4.62. The fourth-order valence-corrected chi connectivity index (χ4v) is 2.89. The minimum absolute atomic E-state index is 0.109. The van der Waals surface area contributed by atoms with E-state index in [-0.39, 0.29) is 17.7 Å². The number of benzene rings is 1. The van der Waals surface area contributed by atoms with E-state index in [1.165, 1.54) is 0 Å². The van der Waals surface area contributed by atoms with Crippen LogP contribution in [0.15, 0.2) is 28.8 Å². The van der Waals surface area contributed by atoms with Crippen LogP contribution in [0.2, 0.25) is 5.02 Å². The molecule has 2 amide bonds. The van der Waals surface area contributed by atoms with Crippen molar-refractivity contribution in [2.75, 3.05) is 10.6 Å². The first-order chi connectivity index (χ1) is 13.3. The van der Waals surface area contributed by atoms with Crippen LogP contribution >= 0.6 is 11.6 Å². The van der Waals surface area contributed by atoms with Crippen molar-refractivity contribution in [2.24, 2.45) is 0 Å². The number of aromatic nitrogens is 2. The summed E-state index contributed by atoms with van der Waals surface area (Å²) in [5.74, 6) is -0.379. The van der Waals surface area contributed by atoms with Gasteiger partial charge in [0.25, 0.3) is 11.6 Å². The summed E-state index contributed by atoms with van der Waals surface area (Å²) in [5, 5.41) is 10.4. The molecular weight excluding hydrogens is 380 g/mol. The first-order valence-corrected chi connectivity index (χ1v) is 9.35. The van der Waals surface area contributed by atoms with Crippen molar-refractivity contribution in [2.45, 2.75) is 40.0 Å². The molecule has 0 aliphatic carbocycles. The standard InChI is InChI=1S/C20H21ClN4O3/c1-5-17(26)22-12-6-7-14(21)16(8-12)23-19(27)13-9-15(10(2)3)24-20-18(13)11(4)25-28-20/h6-10H,5H2,1-4H3,(H,22,26)(H,23,27). The lowest BCUT2D eigenvalue weighted by molar-refractivity contribution is -0.115. The monoisotopic (exact) mass is 400 g/mol. The molecule has 2 heterocycles. The van der Waals surface area contributed by atoms with Gasteiger partial charge in [-0.25, -0.2) is 4.98 Å². The molecule has 28 heavy (non-hydrogen) atoms. The highest BCUT2D eigenvalue weighted by Crippen LogP contribution is 2.29.